The van der Waals surface area contributed by atoms with Crippen LogP contribution in [0.4, 0.5) is 0 Å². The summed E-state index contributed by atoms with van der Waals surface area (Å²) in [6.07, 6.45) is 0.750. The van der Waals surface area contributed by atoms with Gasteiger partial charge in [-0.05, 0) is 23.5 Å². The molecule has 1 unspecified atom stereocenters. The van der Waals surface area contributed by atoms with E-state index in [-0.39, 0.29) is 18.0 Å². The van der Waals surface area contributed by atoms with E-state index in [4.69, 9.17) is 4.74 Å². The normalized spacial score (nSPS) is 19.5. The Bertz CT molecular complexity index is 460. The van der Waals surface area contributed by atoms with Crippen molar-refractivity contribution < 1.29 is 9.53 Å². The molecule has 4 nitrogen and oxygen atoms in total. The zero-order valence-electron chi connectivity index (χ0n) is 12.5. The Morgan fingerprint density at radius 3 is 2.75 bits per heavy atom. The van der Waals surface area contributed by atoms with E-state index >= 15 is 0 Å². The van der Waals surface area contributed by atoms with Crippen LogP contribution in [0, 0.1) is 5.92 Å². The van der Waals surface area contributed by atoms with Crippen LogP contribution in [0.1, 0.15) is 25.0 Å². The molecule has 0 aliphatic carbocycles. The van der Waals surface area contributed by atoms with Crippen LogP contribution < -0.4 is 10.6 Å². The number of carbonyl (C=O) groups is 1. The minimum Gasteiger partial charge on any atom is -0.383 e. The SMILES string of the molecule is COCC(NC(=O)[C@@H]1Cc2ccccc2CN1)C(C)C. The van der Waals surface area contributed by atoms with Crippen LogP contribution in [0.3, 0.4) is 0 Å². The minimum atomic E-state index is -0.150. The van der Waals surface area contributed by atoms with Gasteiger partial charge in [-0.2, -0.15) is 0 Å². The van der Waals surface area contributed by atoms with Gasteiger partial charge in [-0.1, -0.05) is 38.1 Å². The molecular formula is C16H24N2O2. The maximum Gasteiger partial charge on any atom is 0.237 e. The lowest BCUT2D eigenvalue weighted by Crippen LogP contribution is -2.52. The largest absolute Gasteiger partial charge is 0.383 e. The molecule has 1 aliphatic heterocycles. The molecule has 110 valence electrons. The molecule has 1 heterocycles. The number of hydrogen-bond donors (Lipinski definition) is 2. The third-order valence-electron chi connectivity index (χ3n) is 3.88. The minimum absolute atomic E-state index is 0.0615. The van der Waals surface area contributed by atoms with Crippen molar-refractivity contribution >= 4 is 5.91 Å². The first-order chi connectivity index (χ1) is 9.61. The average molecular weight is 276 g/mol. The standard InChI is InChI=1S/C16H24N2O2/c1-11(2)15(10-20-3)18-16(19)14-8-12-6-4-5-7-13(12)9-17-14/h4-7,11,14-15,17H,8-10H2,1-3H3,(H,18,19)/t14-,15?/m0/s1. The Labute approximate surface area is 120 Å². The third-order valence-corrected chi connectivity index (χ3v) is 3.88. The Hall–Kier alpha value is -1.39. The van der Waals surface area contributed by atoms with Gasteiger partial charge in [0.15, 0.2) is 0 Å². The number of fused-ring (bicyclic) bond motifs is 1. The molecule has 2 N–H and O–H groups in total. The zero-order chi connectivity index (χ0) is 14.5. The van der Waals surface area contributed by atoms with Crippen molar-refractivity contribution in [1.29, 1.82) is 0 Å². The van der Waals surface area contributed by atoms with Crippen LogP contribution in [0.5, 0.6) is 0 Å². The number of hydrogen-bond acceptors (Lipinski definition) is 3. The summed E-state index contributed by atoms with van der Waals surface area (Å²) in [4.78, 5) is 12.4. The van der Waals surface area contributed by atoms with E-state index in [9.17, 15) is 4.79 Å². The number of nitrogens with one attached hydrogen (secondary N) is 2. The van der Waals surface area contributed by atoms with Crippen molar-refractivity contribution in [2.45, 2.75) is 38.9 Å². The van der Waals surface area contributed by atoms with Crippen LogP contribution in [0.2, 0.25) is 0 Å². The van der Waals surface area contributed by atoms with Crippen LogP contribution >= 0.6 is 0 Å². The van der Waals surface area contributed by atoms with Gasteiger partial charge in [-0.3, -0.25) is 4.79 Å². The first kappa shape index (κ1) is 15.0. The zero-order valence-corrected chi connectivity index (χ0v) is 12.5. The van der Waals surface area contributed by atoms with E-state index in [2.05, 4.69) is 36.6 Å². The molecule has 4 heteroatoms. The summed E-state index contributed by atoms with van der Waals surface area (Å²) in [7, 11) is 1.66. The summed E-state index contributed by atoms with van der Waals surface area (Å²) >= 11 is 0. The third kappa shape index (κ3) is 3.58. The predicted molar refractivity (Wildman–Crippen MR) is 79.4 cm³/mol. The predicted octanol–water partition coefficient (Wildman–Crippen LogP) is 1.49. The molecular weight excluding hydrogens is 252 g/mol. The second-order valence-electron chi connectivity index (χ2n) is 5.72. The Morgan fingerprint density at radius 1 is 1.40 bits per heavy atom. The number of carbonyl (C=O) groups excluding carboxylic acids is 1. The van der Waals surface area contributed by atoms with Gasteiger partial charge in [0.1, 0.15) is 0 Å². The summed E-state index contributed by atoms with van der Waals surface area (Å²) in [6, 6.07) is 8.19. The van der Waals surface area contributed by atoms with Crippen molar-refractivity contribution in [3.05, 3.63) is 35.4 Å². The van der Waals surface area contributed by atoms with Gasteiger partial charge in [-0.25, -0.2) is 0 Å². The highest BCUT2D eigenvalue weighted by molar-refractivity contribution is 5.82. The highest BCUT2D eigenvalue weighted by Gasteiger charge is 2.26. The molecule has 1 aliphatic rings. The topological polar surface area (TPSA) is 50.4 Å². The molecule has 0 bridgehead atoms. The lowest BCUT2D eigenvalue weighted by molar-refractivity contribution is -0.124. The van der Waals surface area contributed by atoms with Gasteiger partial charge in [0.2, 0.25) is 5.91 Å². The van der Waals surface area contributed by atoms with E-state index in [1.54, 1.807) is 7.11 Å². The molecule has 0 saturated heterocycles. The van der Waals surface area contributed by atoms with E-state index < -0.39 is 0 Å². The fourth-order valence-corrected chi connectivity index (χ4v) is 2.50. The van der Waals surface area contributed by atoms with Gasteiger partial charge in [0.25, 0.3) is 0 Å². The molecule has 2 rings (SSSR count). The van der Waals surface area contributed by atoms with E-state index in [0.29, 0.717) is 12.5 Å². The number of rotatable bonds is 5. The summed E-state index contributed by atoms with van der Waals surface area (Å²) in [5.74, 6) is 0.421. The summed E-state index contributed by atoms with van der Waals surface area (Å²) < 4.78 is 5.17. The molecule has 0 radical (unpaired) electrons. The van der Waals surface area contributed by atoms with E-state index in [0.717, 1.165) is 13.0 Å². The van der Waals surface area contributed by atoms with Gasteiger partial charge in [0.05, 0.1) is 18.7 Å². The van der Waals surface area contributed by atoms with Crippen molar-refractivity contribution in [2.75, 3.05) is 13.7 Å². The fourth-order valence-electron chi connectivity index (χ4n) is 2.50. The average Bonchev–Trinajstić information content (AvgIpc) is 2.46. The molecule has 1 aromatic carbocycles. The molecule has 20 heavy (non-hydrogen) atoms. The van der Waals surface area contributed by atoms with Gasteiger partial charge in [0, 0.05) is 13.7 Å². The smallest absolute Gasteiger partial charge is 0.237 e. The van der Waals surface area contributed by atoms with E-state index in [1.807, 2.05) is 12.1 Å². The first-order valence-corrected chi connectivity index (χ1v) is 7.21. The first-order valence-electron chi connectivity index (χ1n) is 7.21. The highest BCUT2D eigenvalue weighted by atomic mass is 16.5. The highest BCUT2D eigenvalue weighted by Crippen LogP contribution is 2.16. The summed E-state index contributed by atoms with van der Waals surface area (Å²) in [5, 5.41) is 6.40. The fraction of sp³-hybridized carbons (Fsp3) is 0.562. The van der Waals surface area contributed by atoms with Gasteiger partial charge in [-0.15, -0.1) is 0 Å². The van der Waals surface area contributed by atoms with Crippen LogP contribution in [-0.4, -0.2) is 31.7 Å². The molecule has 0 aromatic heterocycles. The number of methoxy groups -OCH3 is 1. The second-order valence-corrected chi connectivity index (χ2v) is 5.72. The Morgan fingerprint density at radius 2 is 2.10 bits per heavy atom. The molecule has 2 atom stereocenters. The maximum absolute atomic E-state index is 12.4. The van der Waals surface area contributed by atoms with Crippen LogP contribution in [-0.2, 0) is 22.5 Å². The Balaban J connectivity index is 1.97. The van der Waals surface area contributed by atoms with E-state index in [1.165, 1.54) is 11.1 Å². The van der Waals surface area contributed by atoms with Crippen molar-refractivity contribution in [1.82, 2.24) is 10.6 Å². The molecule has 1 aromatic rings. The number of amides is 1. The molecule has 1 amide bonds. The lowest BCUT2D eigenvalue weighted by atomic mass is 9.95. The van der Waals surface area contributed by atoms with Gasteiger partial charge < -0.3 is 15.4 Å². The van der Waals surface area contributed by atoms with Gasteiger partial charge >= 0.3 is 0 Å². The Kier molecular flexibility index (Phi) is 5.15. The molecule has 0 spiro atoms. The quantitative estimate of drug-likeness (QED) is 0.856. The number of benzene rings is 1. The maximum atomic E-state index is 12.4. The van der Waals surface area contributed by atoms with Crippen LogP contribution in [0.25, 0.3) is 0 Å². The summed E-state index contributed by atoms with van der Waals surface area (Å²) in [5.41, 5.74) is 2.55. The second kappa shape index (κ2) is 6.86. The lowest BCUT2D eigenvalue weighted by Gasteiger charge is -2.28. The van der Waals surface area contributed by atoms with Crippen molar-refractivity contribution in [2.24, 2.45) is 5.92 Å². The molecule has 0 fully saturated rings. The monoisotopic (exact) mass is 276 g/mol. The molecule has 0 saturated carbocycles. The van der Waals surface area contributed by atoms with Crippen LogP contribution in [0.15, 0.2) is 24.3 Å². The summed E-state index contributed by atoms with van der Waals surface area (Å²) in [6.45, 7) is 5.48. The number of ether oxygens (including phenoxy) is 1. The van der Waals surface area contributed by atoms with Crippen molar-refractivity contribution in [3.8, 4) is 0 Å². The van der Waals surface area contributed by atoms with Crippen molar-refractivity contribution in [3.63, 3.8) is 0 Å².